The number of esters is 2. The molecule has 54 heavy (non-hydrogen) atoms. The van der Waals surface area contributed by atoms with Crippen LogP contribution in [-0.2, 0) is 19.1 Å². The molecule has 0 saturated carbocycles. The Balaban J connectivity index is -0.000000102. The largest absolute Gasteiger partial charge is 0.433 e. The minimum absolute atomic E-state index is 0.0471. The quantitative estimate of drug-likeness (QED) is 0.140. The lowest BCUT2D eigenvalue weighted by Crippen LogP contribution is -2.27. The molecule has 2 aromatic rings. The lowest BCUT2D eigenvalue weighted by atomic mass is 9.86. The number of aliphatic hydroxyl groups excluding tert-OH is 2. The molecule has 0 amide bonds. The fourth-order valence-corrected chi connectivity index (χ4v) is 3.60. The summed E-state index contributed by atoms with van der Waals surface area (Å²) < 4.78 is 129. The lowest BCUT2D eigenvalue weighted by molar-refractivity contribution is -0.158. The monoisotopic (exact) mass is 940 g/mol. The van der Waals surface area contributed by atoms with Crippen LogP contribution >= 0.6 is 31.9 Å². The average Bonchev–Trinajstić information content (AvgIpc) is 3.14. The number of rotatable bonds is 10. The smallest absolute Gasteiger partial charge is 0.324 e. The van der Waals surface area contributed by atoms with Crippen LogP contribution in [-0.4, -0.2) is 94.5 Å². The molecule has 1 atom stereocenters. The Hall–Kier alpha value is -2.84. The number of halogens is 14. The van der Waals surface area contributed by atoms with Gasteiger partial charge in [-0.2, -0.15) is 0 Å². The van der Waals surface area contributed by atoms with Crippen LogP contribution in [0.15, 0.2) is 67.2 Å². The third kappa shape index (κ3) is 58.5. The third-order valence-corrected chi connectivity index (χ3v) is 5.64. The van der Waals surface area contributed by atoms with E-state index >= 15 is 0 Å². The van der Waals surface area contributed by atoms with Crippen LogP contribution in [0.5, 0.6) is 0 Å². The fourth-order valence-electron chi connectivity index (χ4n) is 2.37. The van der Waals surface area contributed by atoms with Crippen LogP contribution in [0.1, 0.15) is 50.1 Å². The Morgan fingerprint density at radius 1 is 0.667 bits per heavy atom. The van der Waals surface area contributed by atoms with Crippen molar-refractivity contribution in [2.75, 3.05) is 68.0 Å². The highest BCUT2D eigenvalue weighted by Gasteiger charge is 2.32. The van der Waals surface area contributed by atoms with Gasteiger partial charge in [-0.05, 0) is 45.2 Å². The molecule has 20 heteroatoms. The number of carbonyl (C=O) groups is 2. The van der Waals surface area contributed by atoms with Crippen LogP contribution in [0.2, 0.25) is 0 Å². The third-order valence-electron chi connectivity index (χ3n) is 4.46. The highest BCUT2D eigenvalue weighted by molar-refractivity contribution is 9.10. The van der Waals surface area contributed by atoms with Crippen LogP contribution in [0.3, 0.4) is 0 Å². The van der Waals surface area contributed by atoms with E-state index in [1.54, 1.807) is 27.7 Å². The minimum Gasteiger partial charge on any atom is -0.433 e. The normalized spacial score (nSPS) is 9.70. The van der Waals surface area contributed by atoms with Gasteiger partial charge < -0.3 is 19.7 Å². The maximum Gasteiger partial charge on any atom is 0.324 e. The van der Waals surface area contributed by atoms with Crippen molar-refractivity contribution in [1.29, 1.82) is 0 Å². The van der Waals surface area contributed by atoms with Gasteiger partial charge in [-0.3, -0.25) is 9.59 Å². The number of ether oxygens (including phenoxy) is 2. The summed E-state index contributed by atoms with van der Waals surface area (Å²) in [5, 5.41) is 15.0. The van der Waals surface area contributed by atoms with Gasteiger partial charge in [0.05, 0.1) is 18.6 Å². The Bertz CT molecular complexity index is 1000. The van der Waals surface area contributed by atoms with Crippen LogP contribution in [0.25, 0.3) is 6.08 Å². The first kappa shape index (κ1) is 66.0. The standard InChI is InChI=1S/C13H16BrFO2.C8H8.C5H8BrFO2.2C2H5FO.4CH2F2/c1-13(2,12(16)17-9-15)8-11(14)10-6-4-3-5-7-10;1-2-8-6-4-3-5-7-8;1-5(2,6)4(8)9-3-7;2*3-1-2-4;4*2-1-3/h3-7,11H,8-9H2,1-2H3;2-7H,1H2;3H2,1-2H3;2*4H,1-2H2;4*1H2. The summed E-state index contributed by atoms with van der Waals surface area (Å²) in [6.07, 6.45) is 2.38. The molecule has 0 aliphatic heterocycles. The van der Waals surface area contributed by atoms with E-state index in [9.17, 15) is 62.3 Å². The summed E-state index contributed by atoms with van der Waals surface area (Å²) >= 11 is 6.54. The van der Waals surface area contributed by atoms with Gasteiger partial charge in [0, 0.05) is 4.83 Å². The average molecular weight is 943 g/mol. The van der Waals surface area contributed by atoms with Gasteiger partial charge in [0.25, 0.3) is 0 Å². The van der Waals surface area contributed by atoms with E-state index < -0.39 is 76.5 Å². The minimum atomic E-state index is -1.75. The molecule has 0 heterocycles. The zero-order valence-electron chi connectivity index (χ0n) is 30.2. The van der Waals surface area contributed by atoms with Crippen LogP contribution in [0.4, 0.5) is 52.7 Å². The Morgan fingerprint density at radius 3 is 1.19 bits per heavy atom. The van der Waals surface area contributed by atoms with Gasteiger partial charge in [0.2, 0.25) is 41.4 Å². The van der Waals surface area contributed by atoms with Crippen molar-refractivity contribution in [2.24, 2.45) is 5.41 Å². The van der Waals surface area contributed by atoms with Gasteiger partial charge >= 0.3 is 11.9 Å². The molecular formula is C34H50Br2F12O6. The van der Waals surface area contributed by atoms with Crippen LogP contribution in [0, 0.1) is 5.41 Å². The maximum atomic E-state index is 12.0. The number of alkyl halides is 14. The molecule has 6 nitrogen and oxygen atoms in total. The number of carbonyl (C=O) groups excluding carboxylic acids is 2. The van der Waals surface area contributed by atoms with E-state index in [1.807, 2.05) is 66.7 Å². The summed E-state index contributed by atoms with van der Waals surface area (Å²) in [4.78, 5) is 22.2. The fraction of sp³-hybridized carbons (Fsp3) is 0.529. The summed E-state index contributed by atoms with van der Waals surface area (Å²) in [5.41, 5.74) is 1.55. The summed E-state index contributed by atoms with van der Waals surface area (Å²) in [6, 6.07) is 19.8. The predicted octanol–water partition coefficient (Wildman–Crippen LogP) is 11.4. The molecule has 0 aromatic heterocycles. The Labute approximate surface area is 326 Å². The molecular weight excluding hydrogens is 892 g/mol. The van der Waals surface area contributed by atoms with Gasteiger partial charge in [-0.1, -0.05) is 105 Å². The molecule has 2 rings (SSSR count). The van der Waals surface area contributed by atoms with E-state index in [0.717, 1.165) is 5.56 Å². The summed E-state index contributed by atoms with van der Waals surface area (Å²) in [7, 11) is 0. The highest BCUT2D eigenvalue weighted by Crippen LogP contribution is 2.36. The molecule has 0 aliphatic carbocycles. The van der Waals surface area contributed by atoms with Crippen LogP contribution < -0.4 is 0 Å². The SMILES string of the molecule is C=Cc1ccccc1.CC(C)(Br)C(=O)OCF.CC(C)(CC(Br)c1ccccc1)C(=O)OCF.FCF.FCF.FCF.FCF.OCCF.OCCF. The zero-order valence-corrected chi connectivity index (χ0v) is 33.4. The number of hydrogen-bond donors (Lipinski definition) is 2. The van der Waals surface area contributed by atoms with Crippen molar-refractivity contribution in [3.8, 4) is 0 Å². The lowest BCUT2D eigenvalue weighted by Gasteiger charge is -2.24. The molecule has 0 bridgehead atoms. The first-order valence-electron chi connectivity index (χ1n) is 14.7. The summed E-state index contributed by atoms with van der Waals surface area (Å²) in [6.45, 7) is -0.763. The zero-order chi connectivity index (χ0) is 43.9. The first-order chi connectivity index (χ1) is 25.4. The van der Waals surface area contributed by atoms with E-state index in [0.29, 0.717) is 6.42 Å². The maximum absolute atomic E-state index is 12.0. The van der Waals surface area contributed by atoms with Crippen molar-refractivity contribution >= 4 is 49.9 Å². The van der Waals surface area contributed by atoms with E-state index in [2.05, 4.69) is 47.9 Å². The molecule has 320 valence electrons. The molecule has 0 saturated heterocycles. The molecule has 0 aliphatic rings. The Morgan fingerprint density at radius 2 is 0.963 bits per heavy atom. The van der Waals surface area contributed by atoms with E-state index in [1.165, 1.54) is 5.56 Å². The van der Waals surface area contributed by atoms with Gasteiger partial charge in [0.1, 0.15) is 17.7 Å². The molecule has 1 unspecified atom stereocenters. The predicted molar refractivity (Wildman–Crippen MR) is 195 cm³/mol. The van der Waals surface area contributed by atoms with E-state index in [-0.39, 0.29) is 18.0 Å². The second kappa shape index (κ2) is 52.3. The second-order valence-corrected chi connectivity index (χ2v) is 12.5. The highest BCUT2D eigenvalue weighted by atomic mass is 79.9. The molecule has 0 fully saturated rings. The van der Waals surface area contributed by atoms with Crippen molar-refractivity contribution in [3.05, 3.63) is 78.4 Å². The topological polar surface area (TPSA) is 93.1 Å². The van der Waals surface area contributed by atoms with Crippen molar-refractivity contribution in [1.82, 2.24) is 0 Å². The second-order valence-electron chi connectivity index (χ2n) is 9.36. The van der Waals surface area contributed by atoms with Gasteiger partial charge in [0.15, 0.2) is 0 Å². The number of aliphatic hydroxyl groups is 2. The van der Waals surface area contributed by atoms with Crippen molar-refractivity contribution in [3.63, 3.8) is 0 Å². The molecule has 2 N–H and O–H groups in total. The summed E-state index contributed by atoms with van der Waals surface area (Å²) in [5.74, 6) is -1.11. The molecule has 0 radical (unpaired) electrons. The Kier molecular flexibility index (Phi) is 63.9. The van der Waals surface area contributed by atoms with E-state index in [4.69, 9.17) is 10.2 Å². The molecule has 2 aromatic carbocycles. The van der Waals surface area contributed by atoms with Gasteiger partial charge in [-0.15, -0.1) is 0 Å². The number of benzene rings is 2. The van der Waals surface area contributed by atoms with Gasteiger partial charge in [-0.25, -0.2) is 52.7 Å². The van der Waals surface area contributed by atoms with Crippen molar-refractivity contribution < 1.29 is 82.0 Å². The number of hydrogen-bond acceptors (Lipinski definition) is 6. The molecule has 0 spiro atoms. The van der Waals surface area contributed by atoms with Crippen molar-refractivity contribution in [2.45, 2.75) is 43.3 Å². The first-order valence-corrected chi connectivity index (χ1v) is 16.4.